The second-order valence-corrected chi connectivity index (χ2v) is 5.11. The molecule has 0 radical (unpaired) electrons. The molecule has 2 heterocycles. The number of hydrogen-bond acceptors (Lipinski definition) is 0. The van der Waals surface area contributed by atoms with E-state index >= 15 is 0 Å². The van der Waals surface area contributed by atoms with Crippen molar-refractivity contribution in [3.8, 4) is 0 Å². The Kier molecular flexibility index (Phi) is 3.48. The first-order chi connectivity index (χ1) is 8.86. The van der Waals surface area contributed by atoms with Crippen LogP contribution in [0.1, 0.15) is 44.0 Å². The van der Waals surface area contributed by atoms with Gasteiger partial charge in [-0.2, -0.15) is 0 Å². The molecule has 1 nitrogen and oxygen atoms in total. The van der Waals surface area contributed by atoms with E-state index in [-0.39, 0.29) is 5.56 Å². The van der Waals surface area contributed by atoms with Gasteiger partial charge in [-0.3, -0.25) is 0 Å². The van der Waals surface area contributed by atoms with Crippen LogP contribution in [0, 0.1) is 0 Å². The average molecular weight is 263 g/mol. The van der Waals surface area contributed by atoms with Crippen molar-refractivity contribution < 1.29 is 8.78 Å². The van der Waals surface area contributed by atoms with E-state index in [1.807, 2.05) is 23.6 Å². The highest BCUT2D eigenvalue weighted by atomic mass is 19.3. The van der Waals surface area contributed by atoms with Gasteiger partial charge in [0, 0.05) is 29.9 Å². The molecule has 2 aromatic heterocycles. The molecule has 0 fully saturated rings. The van der Waals surface area contributed by atoms with Crippen LogP contribution >= 0.6 is 0 Å². The molecule has 0 aliphatic rings. The zero-order chi connectivity index (χ0) is 14.2. The molecule has 2 rings (SSSR count). The second kappa shape index (κ2) is 4.80. The highest BCUT2D eigenvalue weighted by Crippen LogP contribution is 2.35. The summed E-state index contributed by atoms with van der Waals surface area (Å²) < 4.78 is 29.4. The average Bonchev–Trinajstić information content (AvgIpc) is 2.67. The maximum absolute atomic E-state index is 13.8. The molecule has 3 heteroatoms. The monoisotopic (exact) mass is 263 g/mol. The maximum atomic E-state index is 13.8. The molecule has 0 aliphatic heterocycles. The standard InChI is InChI=1S/C16H19F2N/c1-5-7-12-10-13(11(2)3)15-14(16(4,17)18)8-6-9-19(12)15/h6,8-10H,2,5,7H2,1,3-4H3. The van der Waals surface area contributed by atoms with Crippen molar-refractivity contribution in [2.24, 2.45) is 0 Å². The number of fused-ring (bicyclic) bond motifs is 1. The van der Waals surface area contributed by atoms with Gasteiger partial charge >= 0.3 is 0 Å². The zero-order valence-corrected chi connectivity index (χ0v) is 11.6. The van der Waals surface area contributed by atoms with Gasteiger partial charge in [0.1, 0.15) is 0 Å². The Hall–Kier alpha value is -1.64. The number of hydrogen-bond donors (Lipinski definition) is 0. The van der Waals surface area contributed by atoms with Crippen molar-refractivity contribution in [1.29, 1.82) is 0 Å². The SMILES string of the molecule is C=C(C)c1cc(CCC)n2cccc(C(C)(F)F)c12. The Morgan fingerprint density at radius 2 is 2.11 bits per heavy atom. The molecule has 0 spiro atoms. The van der Waals surface area contributed by atoms with E-state index in [1.165, 1.54) is 6.07 Å². The molecule has 2 aromatic rings. The van der Waals surface area contributed by atoms with Gasteiger partial charge in [-0.1, -0.05) is 19.9 Å². The number of halogens is 2. The minimum Gasteiger partial charge on any atom is -0.320 e. The summed E-state index contributed by atoms with van der Waals surface area (Å²) in [6.07, 6.45) is 3.70. The third kappa shape index (κ3) is 2.42. The van der Waals surface area contributed by atoms with Crippen LogP contribution in [0.15, 0.2) is 31.0 Å². The number of aryl methyl sites for hydroxylation is 1. The van der Waals surface area contributed by atoms with E-state index in [4.69, 9.17) is 0 Å². The van der Waals surface area contributed by atoms with E-state index in [0.717, 1.165) is 36.6 Å². The van der Waals surface area contributed by atoms with Crippen molar-refractivity contribution in [3.63, 3.8) is 0 Å². The van der Waals surface area contributed by atoms with Crippen LogP contribution < -0.4 is 0 Å². The van der Waals surface area contributed by atoms with Crippen molar-refractivity contribution in [2.45, 2.75) is 39.5 Å². The molecule has 0 bridgehead atoms. The molecule has 0 aliphatic carbocycles. The topological polar surface area (TPSA) is 4.41 Å². The first kappa shape index (κ1) is 13.8. The summed E-state index contributed by atoms with van der Waals surface area (Å²) in [7, 11) is 0. The Labute approximate surface area is 112 Å². The summed E-state index contributed by atoms with van der Waals surface area (Å²) in [6, 6.07) is 5.16. The minimum absolute atomic E-state index is 0.0651. The van der Waals surface area contributed by atoms with Crippen LogP contribution in [0.5, 0.6) is 0 Å². The highest BCUT2D eigenvalue weighted by molar-refractivity contribution is 5.80. The predicted octanol–water partition coefficient (Wildman–Crippen LogP) is 5.04. The highest BCUT2D eigenvalue weighted by Gasteiger charge is 2.29. The fourth-order valence-electron chi connectivity index (χ4n) is 2.46. The van der Waals surface area contributed by atoms with Gasteiger partial charge in [-0.15, -0.1) is 0 Å². The fraction of sp³-hybridized carbons (Fsp3) is 0.375. The molecular formula is C16H19F2N. The van der Waals surface area contributed by atoms with Crippen LogP contribution in [-0.2, 0) is 12.3 Å². The zero-order valence-electron chi connectivity index (χ0n) is 11.6. The van der Waals surface area contributed by atoms with Crippen molar-refractivity contribution in [3.05, 3.63) is 47.8 Å². The van der Waals surface area contributed by atoms with Crippen LogP contribution in [0.25, 0.3) is 11.1 Å². The molecule has 0 aromatic carbocycles. The number of aromatic nitrogens is 1. The van der Waals surface area contributed by atoms with Crippen molar-refractivity contribution in [1.82, 2.24) is 4.40 Å². The van der Waals surface area contributed by atoms with Gasteiger partial charge in [0.15, 0.2) is 0 Å². The predicted molar refractivity (Wildman–Crippen MR) is 75.7 cm³/mol. The van der Waals surface area contributed by atoms with E-state index in [9.17, 15) is 8.78 Å². The fourth-order valence-corrected chi connectivity index (χ4v) is 2.46. The quantitative estimate of drug-likeness (QED) is 0.728. The minimum atomic E-state index is -2.85. The molecule has 0 N–H and O–H groups in total. The number of alkyl halides is 2. The normalized spacial score (nSPS) is 12.1. The van der Waals surface area contributed by atoms with Gasteiger partial charge in [-0.25, -0.2) is 8.78 Å². The van der Waals surface area contributed by atoms with E-state index in [0.29, 0.717) is 5.52 Å². The maximum Gasteiger partial charge on any atom is 0.272 e. The summed E-state index contributed by atoms with van der Waals surface area (Å²) in [5.74, 6) is -2.85. The molecule has 19 heavy (non-hydrogen) atoms. The summed E-state index contributed by atoms with van der Waals surface area (Å²) in [5.41, 5.74) is 3.35. The van der Waals surface area contributed by atoms with Gasteiger partial charge in [-0.05, 0) is 37.1 Å². The van der Waals surface area contributed by atoms with Crippen LogP contribution in [-0.4, -0.2) is 4.40 Å². The molecule has 0 saturated heterocycles. The number of pyridine rings is 1. The third-order valence-electron chi connectivity index (χ3n) is 3.31. The summed E-state index contributed by atoms with van der Waals surface area (Å²) >= 11 is 0. The Morgan fingerprint density at radius 3 is 2.63 bits per heavy atom. The van der Waals surface area contributed by atoms with Crippen LogP contribution in [0.4, 0.5) is 8.78 Å². The molecule has 0 amide bonds. The van der Waals surface area contributed by atoms with E-state index in [2.05, 4.69) is 13.5 Å². The summed E-state index contributed by atoms with van der Waals surface area (Å²) in [4.78, 5) is 0. The first-order valence-corrected chi connectivity index (χ1v) is 6.53. The lowest BCUT2D eigenvalue weighted by atomic mass is 10.0. The smallest absolute Gasteiger partial charge is 0.272 e. The van der Waals surface area contributed by atoms with Gasteiger partial charge in [0.25, 0.3) is 5.92 Å². The number of allylic oxidation sites excluding steroid dienone is 1. The molecule has 0 unspecified atom stereocenters. The number of nitrogens with zero attached hydrogens (tertiary/aromatic N) is 1. The van der Waals surface area contributed by atoms with Gasteiger partial charge in [0.05, 0.1) is 5.52 Å². The van der Waals surface area contributed by atoms with Crippen molar-refractivity contribution >= 4 is 11.1 Å². The second-order valence-electron chi connectivity index (χ2n) is 5.11. The Balaban J connectivity index is 2.83. The number of rotatable bonds is 4. The van der Waals surface area contributed by atoms with Crippen LogP contribution in [0.3, 0.4) is 0 Å². The Morgan fingerprint density at radius 1 is 1.42 bits per heavy atom. The molecule has 0 saturated carbocycles. The largest absolute Gasteiger partial charge is 0.320 e. The van der Waals surface area contributed by atoms with Gasteiger partial charge in [0.2, 0.25) is 0 Å². The van der Waals surface area contributed by atoms with E-state index < -0.39 is 5.92 Å². The van der Waals surface area contributed by atoms with Crippen molar-refractivity contribution in [2.75, 3.05) is 0 Å². The third-order valence-corrected chi connectivity index (χ3v) is 3.31. The summed E-state index contributed by atoms with van der Waals surface area (Å²) in [5, 5.41) is 0. The van der Waals surface area contributed by atoms with E-state index in [1.54, 1.807) is 6.07 Å². The first-order valence-electron chi connectivity index (χ1n) is 6.53. The lowest BCUT2D eigenvalue weighted by Gasteiger charge is -2.14. The van der Waals surface area contributed by atoms with Gasteiger partial charge < -0.3 is 4.40 Å². The van der Waals surface area contributed by atoms with Crippen LogP contribution in [0.2, 0.25) is 0 Å². The molecule has 0 atom stereocenters. The summed E-state index contributed by atoms with van der Waals surface area (Å²) in [6.45, 7) is 8.79. The molecule has 102 valence electrons. The lowest BCUT2D eigenvalue weighted by molar-refractivity contribution is 0.0187. The Bertz CT molecular complexity index is 617. The lowest BCUT2D eigenvalue weighted by Crippen LogP contribution is -2.09. The molecular weight excluding hydrogens is 244 g/mol.